The summed E-state index contributed by atoms with van der Waals surface area (Å²) in [5.41, 5.74) is 11.4. The summed E-state index contributed by atoms with van der Waals surface area (Å²) < 4.78 is 0. The summed E-state index contributed by atoms with van der Waals surface area (Å²) in [6, 6.07) is 23.4. The Morgan fingerprint density at radius 3 is 2.59 bits per heavy atom. The zero-order chi connectivity index (χ0) is 23.3. The SMILES string of the molecule is N#Cc1ccccc1C(CCN[C@H]1CC[C@H](c2ccccc2)CC1)c1cc(N)nc2[nH]nnc12. The first kappa shape index (κ1) is 22.1. The van der Waals surface area contributed by atoms with Crippen LogP contribution in [0.1, 0.15) is 66.2 Å². The van der Waals surface area contributed by atoms with Crippen molar-refractivity contribution in [2.45, 2.75) is 50.0 Å². The van der Waals surface area contributed by atoms with Crippen molar-refractivity contribution in [1.82, 2.24) is 25.7 Å². The van der Waals surface area contributed by atoms with Gasteiger partial charge in [0.05, 0.1) is 11.6 Å². The second-order valence-corrected chi connectivity index (χ2v) is 9.10. The number of aromatic amines is 1. The van der Waals surface area contributed by atoms with Crippen molar-refractivity contribution in [3.8, 4) is 6.07 Å². The summed E-state index contributed by atoms with van der Waals surface area (Å²) in [4.78, 5) is 4.32. The average Bonchev–Trinajstić information content (AvgIpc) is 3.36. The van der Waals surface area contributed by atoms with E-state index in [0.717, 1.165) is 24.1 Å². The molecule has 1 saturated carbocycles. The van der Waals surface area contributed by atoms with Crippen molar-refractivity contribution < 1.29 is 0 Å². The molecule has 2 heterocycles. The van der Waals surface area contributed by atoms with E-state index in [-0.39, 0.29) is 5.92 Å². The highest BCUT2D eigenvalue weighted by Gasteiger charge is 2.25. The molecule has 5 rings (SSSR count). The average molecular weight is 452 g/mol. The number of benzene rings is 2. The van der Waals surface area contributed by atoms with Crippen molar-refractivity contribution in [3.05, 3.63) is 82.9 Å². The van der Waals surface area contributed by atoms with E-state index >= 15 is 0 Å². The molecule has 0 amide bonds. The zero-order valence-corrected chi connectivity index (χ0v) is 19.1. The van der Waals surface area contributed by atoms with Crippen LogP contribution in [-0.4, -0.2) is 33.0 Å². The maximum atomic E-state index is 9.75. The predicted octanol–water partition coefficient (Wildman–Crippen LogP) is 4.64. The first-order valence-electron chi connectivity index (χ1n) is 12.0. The third-order valence-corrected chi connectivity index (χ3v) is 7.04. The van der Waals surface area contributed by atoms with E-state index in [1.54, 1.807) is 0 Å². The van der Waals surface area contributed by atoms with Crippen molar-refractivity contribution in [2.24, 2.45) is 0 Å². The van der Waals surface area contributed by atoms with Crippen molar-refractivity contribution >= 4 is 17.0 Å². The Hall–Kier alpha value is -3.76. The molecule has 7 nitrogen and oxygen atoms in total. The van der Waals surface area contributed by atoms with Gasteiger partial charge in [0.15, 0.2) is 5.65 Å². The Labute approximate surface area is 199 Å². The highest BCUT2D eigenvalue weighted by Crippen LogP contribution is 2.35. The van der Waals surface area contributed by atoms with Crippen LogP contribution >= 0.6 is 0 Å². The Morgan fingerprint density at radius 1 is 1.03 bits per heavy atom. The lowest BCUT2D eigenvalue weighted by atomic mass is 9.81. The topological polar surface area (TPSA) is 116 Å². The van der Waals surface area contributed by atoms with Crippen LogP contribution in [0.5, 0.6) is 0 Å². The number of rotatable bonds is 7. The number of H-pyrrole nitrogens is 1. The van der Waals surface area contributed by atoms with Gasteiger partial charge in [-0.05, 0) is 73.4 Å². The first-order valence-corrected chi connectivity index (χ1v) is 12.0. The maximum absolute atomic E-state index is 9.75. The van der Waals surface area contributed by atoms with Crippen LogP contribution in [0.3, 0.4) is 0 Å². The van der Waals surface area contributed by atoms with Crippen molar-refractivity contribution in [3.63, 3.8) is 0 Å². The molecular formula is C27H29N7. The molecule has 4 aromatic rings. The lowest BCUT2D eigenvalue weighted by Crippen LogP contribution is -2.34. The summed E-state index contributed by atoms with van der Waals surface area (Å²) in [5.74, 6) is 1.04. The van der Waals surface area contributed by atoms with Gasteiger partial charge in [-0.1, -0.05) is 53.7 Å². The number of nitrogen functional groups attached to an aromatic ring is 1. The summed E-state index contributed by atoms with van der Waals surface area (Å²) in [6.07, 6.45) is 5.60. The third kappa shape index (κ3) is 4.63. The van der Waals surface area contributed by atoms with Crippen LogP contribution in [0.2, 0.25) is 0 Å². The molecular weight excluding hydrogens is 422 g/mol. The highest BCUT2D eigenvalue weighted by atomic mass is 15.3. The number of nitrogens with zero attached hydrogens (tertiary/aromatic N) is 4. The molecule has 0 radical (unpaired) electrons. The fraction of sp³-hybridized carbons (Fsp3) is 0.333. The maximum Gasteiger partial charge on any atom is 0.178 e. The van der Waals surface area contributed by atoms with E-state index in [4.69, 9.17) is 5.73 Å². The van der Waals surface area contributed by atoms with Crippen LogP contribution < -0.4 is 11.1 Å². The second kappa shape index (κ2) is 10.0. The smallest absolute Gasteiger partial charge is 0.178 e. The Kier molecular flexibility index (Phi) is 6.50. The van der Waals surface area contributed by atoms with Gasteiger partial charge in [0.2, 0.25) is 0 Å². The van der Waals surface area contributed by atoms with Crippen molar-refractivity contribution in [2.75, 3.05) is 12.3 Å². The fourth-order valence-corrected chi connectivity index (χ4v) is 5.32. The Balaban J connectivity index is 1.31. The van der Waals surface area contributed by atoms with Gasteiger partial charge in [-0.3, -0.25) is 0 Å². The predicted molar refractivity (Wildman–Crippen MR) is 133 cm³/mol. The van der Waals surface area contributed by atoms with Gasteiger partial charge in [0.25, 0.3) is 0 Å². The molecule has 1 aliphatic carbocycles. The Bertz CT molecular complexity index is 1280. The van der Waals surface area contributed by atoms with E-state index in [0.29, 0.717) is 34.5 Å². The monoisotopic (exact) mass is 451 g/mol. The van der Waals surface area contributed by atoms with Crippen LogP contribution in [0.15, 0.2) is 60.7 Å². The molecule has 0 bridgehead atoms. The minimum atomic E-state index is -0.0399. The number of nitrogens with two attached hydrogens (primary N) is 1. The van der Waals surface area contributed by atoms with E-state index in [9.17, 15) is 5.26 Å². The minimum Gasteiger partial charge on any atom is -0.384 e. The van der Waals surface area contributed by atoms with Crippen molar-refractivity contribution in [1.29, 1.82) is 5.26 Å². The van der Waals surface area contributed by atoms with Gasteiger partial charge >= 0.3 is 0 Å². The zero-order valence-electron chi connectivity index (χ0n) is 19.1. The van der Waals surface area contributed by atoms with Gasteiger partial charge in [-0.25, -0.2) is 10.1 Å². The molecule has 2 aromatic heterocycles. The Morgan fingerprint density at radius 2 is 1.79 bits per heavy atom. The molecule has 2 aromatic carbocycles. The highest BCUT2D eigenvalue weighted by molar-refractivity contribution is 5.77. The summed E-state index contributed by atoms with van der Waals surface area (Å²) in [6.45, 7) is 0.840. The molecule has 1 atom stereocenters. The summed E-state index contributed by atoms with van der Waals surface area (Å²) in [7, 11) is 0. The standard InChI is InChI=1S/C27H29N7/c28-17-20-8-4-5-9-22(20)23(24-16-25(29)31-27-26(24)32-34-33-27)14-15-30-21-12-10-19(11-13-21)18-6-2-1-3-7-18/h1-9,16,19,21,23,30H,10-15H2,(H3,29,31,32,33,34)/t19-,21-,23?. The van der Waals surface area contributed by atoms with Crippen LogP contribution in [0.4, 0.5) is 5.82 Å². The number of nitriles is 1. The van der Waals surface area contributed by atoms with E-state index in [1.165, 1.54) is 31.2 Å². The van der Waals surface area contributed by atoms with Gasteiger partial charge in [-0.15, -0.1) is 5.10 Å². The van der Waals surface area contributed by atoms with Crippen LogP contribution in [0, 0.1) is 11.3 Å². The number of pyridine rings is 1. The molecule has 0 saturated heterocycles. The normalized spacial score (nSPS) is 19.0. The van der Waals surface area contributed by atoms with Gasteiger partial charge < -0.3 is 11.1 Å². The molecule has 172 valence electrons. The minimum absolute atomic E-state index is 0.0399. The third-order valence-electron chi connectivity index (χ3n) is 7.04. The number of hydrogen-bond acceptors (Lipinski definition) is 6. The van der Waals surface area contributed by atoms with Gasteiger partial charge in [0.1, 0.15) is 11.3 Å². The molecule has 0 spiro atoms. The van der Waals surface area contributed by atoms with E-state index in [1.807, 2.05) is 30.3 Å². The van der Waals surface area contributed by atoms with E-state index < -0.39 is 0 Å². The molecule has 1 aliphatic rings. The lowest BCUT2D eigenvalue weighted by Gasteiger charge is -2.30. The molecule has 7 heteroatoms. The fourth-order valence-electron chi connectivity index (χ4n) is 5.32. The number of nitrogens with one attached hydrogen (secondary N) is 2. The van der Waals surface area contributed by atoms with Crippen LogP contribution in [0.25, 0.3) is 11.2 Å². The molecule has 4 N–H and O–H groups in total. The number of fused-ring (bicyclic) bond motifs is 1. The summed E-state index contributed by atoms with van der Waals surface area (Å²) in [5, 5.41) is 24.6. The largest absolute Gasteiger partial charge is 0.384 e. The van der Waals surface area contributed by atoms with E-state index in [2.05, 4.69) is 62.1 Å². The lowest BCUT2D eigenvalue weighted by molar-refractivity contribution is 0.340. The van der Waals surface area contributed by atoms with Crippen LogP contribution in [-0.2, 0) is 0 Å². The summed E-state index contributed by atoms with van der Waals surface area (Å²) >= 11 is 0. The quantitative estimate of drug-likeness (QED) is 0.377. The number of anilines is 1. The number of hydrogen-bond donors (Lipinski definition) is 3. The molecule has 1 fully saturated rings. The van der Waals surface area contributed by atoms with Gasteiger partial charge in [0, 0.05) is 12.0 Å². The molecule has 34 heavy (non-hydrogen) atoms. The molecule has 0 aliphatic heterocycles. The second-order valence-electron chi connectivity index (χ2n) is 9.10. The van der Waals surface area contributed by atoms with Gasteiger partial charge in [-0.2, -0.15) is 5.26 Å². The number of aromatic nitrogens is 4. The molecule has 1 unspecified atom stereocenters. The first-order chi connectivity index (χ1) is 16.7.